The van der Waals surface area contributed by atoms with Crippen molar-refractivity contribution in [1.82, 2.24) is 0 Å². The number of hydrogen-bond acceptors (Lipinski definition) is 6. The van der Waals surface area contributed by atoms with Crippen LogP contribution in [0.15, 0.2) is 0 Å². The smallest absolute Gasteiger partial charge is 2.00 e. The summed E-state index contributed by atoms with van der Waals surface area (Å²) < 4.78 is 51.4. The van der Waals surface area contributed by atoms with Gasteiger partial charge in [0.2, 0.25) is 0 Å². The first-order valence-electron chi connectivity index (χ1n) is 1.10. The largest absolute Gasteiger partial charge is 2.00 e. The molecule has 0 saturated carbocycles. The van der Waals surface area contributed by atoms with Crippen LogP contribution in [0.3, 0.4) is 0 Å². The van der Waals surface area contributed by atoms with Gasteiger partial charge in [-0.2, -0.15) is 0 Å². The van der Waals surface area contributed by atoms with Crippen LogP contribution in [-0.4, -0.2) is 168 Å². The van der Waals surface area contributed by atoms with Gasteiger partial charge in [0.15, 0.2) is 0 Å². The Kier molecular flexibility index (Phi) is 66.6. The molecule has 0 aromatic rings. The van der Waals surface area contributed by atoms with E-state index in [1.807, 2.05) is 0 Å². The second kappa shape index (κ2) is 24.5. The standard InChI is InChI=1S/2AsO3.3Sr/c2*2-1(3)4;;;/q2*-3;3*+2. The molecule has 0 aromatic heterocycles. The molecular formula is As2O6Sr3. The molecule has 0 rings (SSSR count). The van der Waals surface area contributed by atoms with Gasteiger partial charge in [-0.15, -0.1) is 0 Å². The summed E-state index contributed by atoms with van der Waals surface area (Å²) in [5.74, 6) is 0. The van der Waals surface area contributed by atoms with E-state index in [0.29, 0.717) is 0 Å². The molecule has 0 atom stereocenters. The van der Waals surface area contributed by atoms with E-state index in [9.17, 15) is 0 Å². The molecule has 0 radical (unpaired) electrons. The van der Waals surface area contributed by atoms with Gasteiger partial charge in [0, 0.05) is 0 Å². The van der Waals surface area contributed by atoms with Crippen LogP contribution in [0.2, 0.25) is 0 Å². The van der Waals surface area contributed by atoms with Crippen molar-refractivity contribution in [3.8, 4) is 0 Å². The third kappa shape index (κ3) is 96.1. The van der Waals surface area contributed by atoms with Crippen molar-refractivity contribution in [3.05, 3.63) is 0 Å². The van der Waals surface area contributed by atoms with E-state index < -0.39 is 31.4 Å². The molecule has 0 aliphatic heterocycles. The zero-order valence-corrected chi connectivity index (χ0v) is 19.6. The molecule has 0 bridgehead atoms. The van der Waals surface area contributed by atoms with Gasteiger partial charge in [-0.25, -0.2) is 0 Å². The number of rotatable bonds is 0. The van der Waals surface area contributed by atoms with Crippen molar-refractivity contribution in [2.75, 3.05) is 0 Å². The van der Waals surface area contributed by atoms with Gasteiger partial charge < -0.3 is 0 Å². The minimum atomic E-state index is -3.94. The summed E-state index contributed by atoms with van der Waals surface area (Å²) in [6, 6.07) is 0. The molecule has 0 heterocycles. The van der Waals surface area contributed by atoms with E-state index in [2.05, 4.69) is 0 Å². The van der Waals surface area contributed by atoms with Crippen LogP contribution in [0.25, 0.3) is 0 Å². The van der Waals surface area contributed by atoms with Gasteiger partial charge in [0.05, 0.1) is 0 Å². The van der Waals surface area contributed by atoms with E-state index >= 15 is 0 Å². The first-order chi connectivity index (χ1) is 3.46. The Labute approximate surface area is 186 Å². The summed E-state index contributed by atoms with van der Waals surface area (Å²) in [7, 11) is 0. The van der Waals surface area contributed by atoms with Crippen molar-refractivity contribution in [2.45, 2.75) is 0 Å². The van der Waals surface area contributed by atoms with Crippen molar-refractivity contribution in [3.63, 3.8) is 0 Å². The number of hydrogen-bond donors (Lipinski definition) is 0. The van der Waals surface area contributed by atoms with Gasteiger partial charge in [-0.1, -0.05) is 0 Å². The Morgan fingerprint density at radius 2 is 0.455 bits per heavy atom. The maximum atomic E-state index is 8.56. The molecule has 11 heteroatoms. The van der Waals surface area contributed by atoms with Crippen molar-refractivity contribution in [2.24, 2.45) is 0 Å². The Morgan fingerprint density at radius 3 is 0.455 bits per heavy atom. The zero-order chi connectivity index (χ0) is 7.15. The quantitative estimate of drug-likeness (QED) is 0.298. The van der Waals surface area contributed by atoms with Crippen LogP contribution in [-0.2, 0) is 0 Å². The molecule has 6 nitrogen and oxygen atoms in total. The summed E-state index contributed by atoms with van der Waals surface area (Å²) in [5.41, 5.74) is 0. The Morgan fingerprint density at radius 1 is 0.455 bits per heavy atom. The molecule has 0 amide bonds. The summed E-state index contributed by atoms with van der Waals surface area (Å²) >= 11 is -7.88. The van der Waals surface area contributed by atoms with E-state index in [4.69, 9.17) is 24.6 Å². The van der Waals surface area contributed by atoms with E-state index in [-0.39, 0.29) is 136 Å². The van der Waals surface area contributed by atoms with E-state index in [1.165, 1.54) is 0 Å². The Bertz CT molecular complexity index is 31.3. The van der Waals surface area contributed by atoms with Gasteiger partial charge >= 0.3 is 192 Å². The molecule has 0 unspecified atom stereocenters. The second-order valence-electron chi connectivity index (χ2n) is 0.447. The van der Waals surface area contributed by atoms with Crippen molar-refractivity contribution in [1.29, 1.82) is 0 Å². The van der Waals surface area contributed by atoms with Gasteiger partial charge in [0.25, 0.3) is 0 Å². The average Bonchev–Trinajstić information content (AvgIpc) is 1.25. The summed E-state index contributed by atoms with van der Waals surface area (Å²) in [5, 5.41) is 0. The fraction of sp³-hybridized carbons (Fsp3) is 0. The minimum absolute atomic E-state index is 0. The van der Waals surface area contributed by atoms with Gasteiger partial charge in [-0.05, 0) is 0 Å². The molecule has 52 valence electrons. The van der Waals surface area contributed by atoms with E-state index in [0.717, 1.165) is 0 Å². The van der Waals surface area contributed by atoms with E-state index in [1.54, 1.807) is 0 Å². The molecule has 0 saturated heterocycles. The fourth-order valence-electron chi connectivity index (χ4n) is 0. The second-order valence-corrected chi connectivity index (χ2v) is 2.32. The predicted molar refractivity (Wildman–Crippen MR) is 28.8 cm³/mol. The van der Waals surface area contributed by atoms with Crippen LogP contribution in [0.4, 0.5) is 0 Å². The SMILES string of the molecule is [O-][As]([O-])[O-].[O-][As]([O-])[O-].[Sr+2].[Sr+2].[Sr+2]. The van der Waals surface area contributed by atoms with Crippen molar-refractivity contribution < 1.29 is 24.6 Å². The first kappa shape index (κ1) is 29.9. The first-order valence-corrected chi connectivity index (χ1v) is 5.69. The minimum Gasteiger partial charge on any atom is 2.00 e. The van der Waals surface area contributed by atoms with Crippen LogP contribution >= 0.6 is 0 Å². The topological polar surface area (TPSA) is 138 Å². The third-order valence-corrected chi connectivity index (χ3v) is 0. The maximum Gasteiger partial charge on any atom is 2.00 e. The van der Waals surface area contributed by atoms with Crippen LogP contribution in [0.5, 0.6) is 0 Å². The predicted octanol–water partition coefficient (Wildman–Crippen LogP) is -9.04. The molecular weight excluding hydrogens is 509 g/mol. The molecule has 0 aromatic carbocycles. The third-order valence-electron chi connectivity index (χ3n) is 0. The summed E-state index contributed by atoms with van der Waals surface area (Å²) in [6.45, 7) is 0. The molecule has 0 fully saturated rings. The molecule has 0 N–H and O–H groups in total. The van der Waals surface area contributed by atoms with Gasteiger partial charge in [-0.3, -0.25) is 0 Å². The molecule has 0 spiro atoms. The average molecular weight is 509 g/mol. The summed E-state index contributed by atoms with van der Waals surface area (Å²) in [4.78, 5) is 0. The molecule has 0 aliphatic carbocycles. The summed E-state index contributed by atoms with van der Waals surface area (Å²) in [6.07, 6.45) is 0. The monoisotopic (exact) mass is 510 g/mol. The van der Waals surface area contributed by atoms with Crippen LogP contribution < -0.4 is 24.6 Å². The fourth-order valence-corrected chi connectivity index (χ4v) is 0. The molecule has 0 aliphatic rings. The van der Waals surface area contributed by atoms with Crippen LogP contribution in [0, 0.1) is 0 Å². The zero-order valence-electron chi connectivity index (χ0n) is 5.47. The normalized spacial score (nSPS) is 6.55. The Hall–Kier alpha value is 5.32. The molecule has 11 heavy (non-hydrogen) atoms. The van der Waals surface area contributed by atoms with Gasteiger partial charge in [0.1, 0.15) is 0 Å². The van der Waals surface area contributed by atoms with Crippen LogP contribution in [0.1, 0.15) is 0 Å². The van der Waals surface area contributed by atoms with Crippen molar-refractivity contribution >= 4 is 168 Å². The Balaban J connectivity index is -0.0000000171. The maximum absolute atomic E-state index is 8.56.